The molecule has 0 aliphatic carbocycles. The Kier molecular flexibility index (Phi) is 19.0. The van der Waals surface area contributed by atoms with Gasteiger partial charge in [-0.05, 0) is 119 Å². The van der Waals surface area contributed by atoms with Gasteiger partial charge in [-0.15, -0.1) is 11.3 Å². The molecule has 0 unspecified atom stereocenters. The van der Waals surface area contributed by atoms with Crippen LogP contribution in [0, 0.1) is 18.3 Å². The number of para-hydroxylation sites is 1. The SMILES string of the molecule is Cc1ncsc1-c1ccc(CNC(=O)[C@@H]2C[C@@H](O)CN2C(=O)[C@@H](NC(=O)CCc2cccc3cc(CO[C@H](C)[C@H](CCC(N)=O)NC(=O)[C@@H]4Cc5cccc6c5N4C(=O)[C@@H](CC(=O)c4cc5cc(C(=O)P(=O)(O)O)ccc5[nH]4)CC6)ccc23)C(C)(C)C)cc1. The van der Waals surface area contributed by atoms with Crippen LogP contribution in [0.2, 0.25) is 0 Å². The van der Waals surface area contributed by atoms with Gasteiger partial charge in [0.2, 0.25) is 35.4 Å². The van der Waals surface area contributed by atoms with Gasteiger partial charge in [0, 0.05) is 67.6 Å². The molecule has 466 valence electrons. The predicted molar refractivity (Wildman–Crippen MR) is 335 cm³/mol. The van der Waals surface area contributed by atoms with Crippen LogP contribution in [-0.2, 0) is 70.5 Å². The number of likely N-dealkylation sites (tertiary alicyclic amines) is 1. The molecular formula is C66H73N8O13PS. The van der Waals surface area contributed by atoms with Gasteiger partial charge in [-0.1, -0.05) is 93.6 Å². The van der Waals surface area contributed by atoms with E-state index in [0.717, 1.165) is 54.7 Å². The number of Topliss-reactive ketones (excluding diaryl/α,β-unsaturated/α-hetero) is 1. The third kappa shape index (κ3) is 14.4. The first kappa shape index (κ1) is 63.8. The van der Waals surface area contributed by atoms with E-state index in [-0.39, 0.29) is 75.4 Å². The van der Waals surface area contributed by atoms with Gasteiger partial charge in [-0.25, -0.2) is 4.98 Å². The first-order chi connectivity index (χ1) is 42.3. The zero-order valence-corrected chi connectivity index (χ0v) is 51.8. The molecule has 1 fully saturated rings. The largest absolute Gasteiger partial charge is 0.396 e. The number of ketones is 1. The lowest BCUT2D eigenvalue weighted by atomic mass is 9.85. The molecule has 89 heavy (non-hydrogen) atoms. The number of amides is 6. The second-order valence-corrected chi connectivity index (χ2v) is 27.0. The molecule has 7 atom stereocenters. The van der Waals surface area contributed by atoms with Crippen LogP contribution in [0.15, 0.2) is 109 Å². The summed E-state index contributed by atoms with van der Waals surface area (Å²) in [4.78, 5) is 140. The standard InChI is InChI=1S/C66H73N8O13PS/c1-36-59(89-35-69-36)42-15-12-38(13-16-42)32-68-61(79)53-31-48(75)33-73(53)64(82)60(66(3,4)5)72-57(78)25-20-40-8-6-10-43-26-39(14-21-49(40)43)34-87-37(2)50(23-24-56(67)77)71-62(80)54-29-44-11-7-9-41-17-18-45(63(81)74(54)58(41)44)30-55(76)52-28-47-27-46(19-22-51(47)70-52)65(83)88(84,85)86/h6-16,19,21-22,26-28,35,37,45,48,50,53-54,60,70,75H,17-18,20,23-25,29-34H2,1-5H3,(H2,67,77)(H,68,79)(H,71,80)(H,72,78)(H2,84,85,86)/t37-,45-,48-,50+,53+,54+,60-/m1/s1. The highest BCUT2D eigenvalue weighted by Gasteiger charge is 2.46. The van der Waals surface area contributed by atoms with Crippen LogP contribution in [-0.4, -0.2) is 119 Å². The average Bonchev–Trinajstić information content (AvgIpc) is 2.03. The molecule has 0 radical (unpaired) electrons. The van der Waals surface area contributed by atoms with Crippen LogP contribution in [0.25, 0.3) is 32.1 Å². The van der Waals surface area contributed by atoms with Crippen LogP contribution in [0.3, 0.4) is 0 Å². The van der Waals surface area contributed by atoms with E-state index in [1.54, 1.807) is 23.8 Å². The number of primary amides is 1. The molecule has 0 saturated carbocycles. The summed E-state index contributed by atoms with van der Waals surface area (Å²) in [6.45, 7) is 9.56. The van der Waals surface area contributed by atoms with E-state index < -0.39 is 96.1 Å². The number of hydrogen-bond acceptors (Lipinski definition) is 13. The van der Waals surface area contributed by atoms with Gasteiger partial charge < -0.3 is 51.2 Å². The maximum absolute atomic E-state index is 14.7. The van der Waals surface area contributed by atoms with Crippen molar-refractivity contribution in [1.82, 2.24) is 30.8 Å². The molecule has 5 heterocycles. The molecule has 2 aromatic heterocycles. The third-order valence-corrected chi connectivity index (χ3v) is 18.9. The third-order valence-electron chi connectivity index (χ3n) is 17.2. The second-order valence-electron chi connectivity index (χ2n) is 24.6. The number of carbonyl (C=O) groups excluding carboxylic acids is 8. The number of nitrogens with zero attached hydrogens (tertiary/aromatic N) is 3. The Bertz CT molecular complexity index is 3960. The van der Waals surface area contributed by atoms with Crippen LogP contribution in [0.5, 0.6) is 0 Å². The highest BCUT2D eigenvalue weighted by molar-refractivity contribution is 7.70. The topological polar surface area (TPSA) is 321 Å². The summed E-state index contributed by atoms with van der Waals surface area (Å²) in [7, 11) is -5.05. The number of ether oxygens (including phenoxy) is 1. The number of aliphatic hydroxyl groups is 1. The first-order valence-corrected chi connectivity index (χ1v) is 32.3. The molecule has 3 aliphatic rings. The normalized spacial score (nSPS) is 18.5. The molecule has 0 bridgehead atoms. The Hall–Kier alpha value is -8.24. The number of thiazole rings is 1. The van der Waals surface area contributed by atoms with Crippen molar-refractivity contribution in [1.29, 1.82) is 0 Å². The molecule has 5 aromatic carbocycles. The number of β-amino-alcohol motifs (C(OH)–C–C–N with tert-alkyl or cyclic N) is 1. The highest BCUT2D eigenvalue weighted by atomic mass is 32.1. The van der Waals surface area contributed by atoms with E-state index in [1.165, 1.54) is 34.1 Å². The number of nitrogens with two attached hydrogens (primary N) is 1. The quantitative estimate of drug-likeness (QED) is 0.0231. The molecule has 9 N–H and O–H groups in total. The van der Waals surface area contributed by atoms with Crippen molar-refractivity contribution in [2.24, 2.45) is 17.1 Å². The summed E-state index contributed by atoms with van der Waals surface area (Å²) in [6, 6.07) is 26.9. The number of carbonyl (C=O) groups is 8. The number of benzene rings is 5. The van der Waals surface area contributed by atoms with E-state index in [0.29, 0.717) is 35.9 Å². The minimum absolute atomic E-state index is 0.0494. The smallest absolute Gasteiger partial charge is 0.391 e. The summed E-state index contributed by atoms with van der Waals surface area (Å²) in [6.07, 6.45) is -0.243. The van der Waals surface area contributed by atoms with Crippen molar-refractivity contribution in [3.63, 3.8) is 0 Å². The molecule has 21 nitrogen and oxygen atoms in total. The first-order valence-electron chi connectivity index (χ1n) is 29.8. The number of H-pyrrole nitrogens is 1. The summed E-state index contributed by atoms with van der Waals surface area (Å²) in [5.41, 5.74) is 12.6. The lowest BCUT2D eigenvalue weighted by Crippen LogP contribution is -2.57. The monoisotopic (exact) mass is 1250 g/mol. The zero-order valence-electron chi connectivity index (χ0n) is 50.1. The van der Waals surface area contributed by atoms with Crippen molar-refractivity contribution < 1.29 is 62.6 Å². The lowest BCUT2D eigenvalue weighted by molar-refractivity contribution is -0.144. The zero-order chi connectivity index (χ0) is 63.6. The summed E-state index contributed by atoms with van der Waals surface area (Å²) >= 11 is 1.56. The molecule has 0 spiro atoms. The van der Waals surface area contributed by atoms with Crippen molar-refractivity contribution in [3.8, 4) is 10.4 Å². The predicted octanol–water partition coefficient (Wildman–Crippen LogP) is 7.26. The molecule has 7 aromatic rings. The molecule has 6 amide bonds. The Morgan fingerprint density at radius 1 is 0.876 bits per heavy atom. The van der Waals surface area contributed by atoms with Crippen molar-refractivity contribution >= 4 is 93.0 Å². The highest BCUT2D eigenvalue weighted by Crippen LogP contribution is 2.42. The Labute approximate surface area is 518 Å². The van der Waals surface area contributed by atoms with Gasteiger partial charge in [0.25, 0.3) is 5.52 Å². The van der Waals surface area contributed by atoms with Gasteiger partial charge in [0.1, 0.15) is 18.1 Å². The number of anilines is 1. The number of fused-ring (bicyclic) bond motifs is 2. The molecule has 23 heteroatoms. The fourth-order valence-corrected chi connectivity index (χ4v) is 13.6. The van der Waals surface area contributed by atoms with Gasteiger partial charge in [-0.3, -0.25) is 47.8 Å². The van der Waals surface area contributed by atoms with Gasteiger partial charge in [0.05, 0.1) is 52.3 Å². The number of aromatic nitrogens is 2. The number of aryl methyl sites for hydroxylation is 3. The summed E-state index contributed by atoms with van der Waals surface area (Å²) in [5, 5.41) is 21.9. The number of aliphatic hydroxyl groups excluding tert-OH is 1. The van der Waals surface area contributed by atoms with Crippen LogP contribution >= 0.6 is 18.9 Å². The van der Waals surface area contributed by atoms with E-state index >= 15 is 0 Å². The van der Waals surface area contributed by atoms with E-state index in [1.807, 2.05) is 107 Å². The van der Waals surface area contributed by atoms with E-state index in [9.17, 15) is 57.8 Å². The van der Waals surface area contributed by atoms with E-state index in [2.05, 4.69) is 25.9 Å². The van der Waals surface area contributed by atoms with Crippen LogP contribution in [0.4, 0.5) is 5.69 Å². The Morgan fingerprint density at radius 2 is 1.62 bits per heavy atom. The van der Waals surface area contributed by atoms with E-state index in [4.69, 9.17) is 10.5 Å². The summed E-state index contributed by atoms with van der Waals surface area (Å²) < 4.78 is 18.1. The minimum atomic E-state index is -5.05. The summed E-state index contributed by atoms with van der Waals surface area (Å²) in [5.74, 6) is -3.87. The number of nitrogens with one attached hydrogen (secondary N) is 4. The Morgan fingerprint density at radius 3 is 2.34 bits per heavy atom. The maximum Gasteiger partial charge on any atom is 0.396 e. The van der Waals surface area contributed by atoms with Crippen molar-refractivity contribution in [2.45, 2.75) is 142 Å². The molecule has 3 aliphatic heterocycles. The lowest BCUT2D eigenvalue weighted by Gasteiger charge is -2.35. The maximum atomic E-state index is 14.7. The van der Waals surface area contributed by atoms with Crippen LogP contribution in [0.1, 0.15) is 121 Å². The minimum Gasteiger partial charge on any atom is -0.391 e. The average molecular weight is 1250 g/mol. The fraction of sp³-hybridized carbons (Fsp3) is 0.379. The Balaban J connectivity index is 0.752. The van der Waals surface area contributed by atoms with Crippen molar-refractivity contribution in [2.75, 3.05) is 11.4 Å². The number of rotatable bonds is 23. The number of hydrogen-bond donors (Lipinski definition) is 8. The second kappa shape index (κ2) is 26.5. The van der Waals surface area contributed by atoms with Gasteiger partial charge >= 0.3 is 7.60 Å². The number of aromatic amines is 1. The fourth-order valence-electron chi connectivity index (χ4n) is 12.3. The van der Waals surface area contributed by atoms with Gasteiger partial charge in [-0.2, -0.15) is 0 Å². The molecule has 1 saturated heterocycles. The van der Waals surface area contributed by atoms with Crippen molar-refractivity contribution in [3.05, 3.63) is 153 Å². The van der Waals surface area contributed by atoms with Gasteiger partial charge in [0.15, 0.2) is 5.78 Å². The molecular weight excluding hydrogens is 1180 g/mol. The van der Waals surface area contributed by atoms with Crippen LogP contribution < -0.4 is 26.6 Å². The molecule has 10 rings (SSSR count).